The maximum absolute atomic E-state index is 12.6. The summed E-state index contributed by atoms with van der Waals surface area (Å²) in [5.74, 6) is 0.229. The van der Waals surface area contributed by atoms with Crippen LogP contribution >= 0.6 is 22.9 Å². The molecule has 6 heteroatoms. The van der Waals surface area contributed by atoms with E-state index in [4.69, 9.17) is 11.6 Å². The second-order valence-corrected chi connectivity index (χ2v) is 7.56. The number of benzene rings is 1. The summed E-state index contributed by atoms with van der Waals surface area (Å²) in [6.07, 6.45) is 0. The molecule has 2 heterocycles. The normalized spacial score (nSPS) is 15.6. The van der Waals surface area contributed by atoms with Gasteiger partial charge in [-0.2, -0.15) is 4.31 Å². The minimum Gasteiger partial charge on any atom is -0.207 e. The average molecular weight is 314 g/mol. The van der Waals surface area contributed by atoms with E-state index in [1.165, 1.54) is 15.6 Å². The first-order valence-electron chi connectivity index (χ1n) is 5.82. The zero-order chi connectivity index (χ0) is 13.5. The van der Waals surface area contributed by atoms with Crippen LogP contribution in [-0.2, 0) is 29.0 Å². The van der Waals surface area contributed by atoms with Gasteiger partial charge in [-0.25, -0.2) is 8.42 Å². The van der Waals surface area contributed by atoms with Crippen LogP contribution in [0.2, 0.25) is 0 Å². The van der Waals surface area contributed by atoms with Crippen molar-refractivity contribution in [2.45, 2.75) is 23.9 Å². The maximum Gasteiger partial charge on any atom is 0.244 e. The van der Waals surface area contributed by atoms with Gasteiger partial charge in [-0.3, -0.25) is 0 Å². The molecular weight excluding hydrogens is 302 g/mol. The van der Waals surface area contributed by atoms with E-state index in [1.807, 2.05) is 24.3 Å². The molecule has 0 aliphatic carbocycles. The van der Waals surface area contributed by atoms with Crippen LogP contribution in [0.4, 0.5) is 0 Å². The topological polar surface area (TPSA) is 37.4 Å². The van der Waals surface area contributed by atoms with Crippen molar-refractivity contribution >= 4 is 33.0 Å². The summed E-state index contributed by atoms with van der Waals surface area (Å²) in [5, 5.41) is 1.77. The van der Waals surface area contributed by atoms with Crippen LogP contribution in [0.5, 0.6) is 0 Å². The van der Waals surface area contributed by atoms with Crippen LogP contribution in [0, 0.1) is 0 Å². The highest BCUT2D eigenvalue weighted by Gasteiger charge is 2.32. The molecular formula is C13H12ClNO2S2. The van der Waals surface area contributed by atoms with Crippen molar-refractivity contribution in [1.82, 2.24) is 4.31 Å². The number of alkyl halides is 1. The zero-order valence-corrected chi connectivity index (χ0v) is 12.4. The molecule has 0 spiro atoms. The Morgan fingerprint density at radius 1 is 1.16 bits per heavy atom. The number of nitrogens with zero attached hydrogens (tertiary/aromatic N) is 1. The van der Waals surface area contributed by atoms with Crippen LogP contribution in [0.1, 0.15) is 16.0 Å². The predicted molar refractivity (Wildman–Crippen MR) is 76.8 cm³/mol. The lowest BCUT2D eigenvalue weighted by Gasteiger charge is -2.15. The molecule has 0 radical (unpaired) electrons. The van der Waals surface area contributed by atoms with Gasteiger partial charge in [0.15, 0.2) is 0 Å². The lowest BCUT2D eigenvalue weighted by molar-refractivity contribution is 0.431. The molecule has 0 saturated heterocycles. The van der Waals surface area contributed by atoms with E-state index in [-0.39, 0.29) is 5.88 Å². The first-order chi connectivity index (χ1) is 9.13. The molecule has 3 nitrogen and oxygen atoms in total. The third-order valence-electron chi connectivity index (χ3n) is 3.26. The van der Waals surface area contributed by atoms with E-state index in [2.05, 4.69) is 0 Å². The first-order valence-corrected chi connectivity index (χ1v) is 8.67. The van der Waals surface area contributed by atoms with Gasteiger partial charge in [0.2, 0.25) is 10.0 Å². The average Bonchev–Trinajstić information content (AvgIpc) is 3.05. The number of sulfonamides is 1. The van der Waals surface area contributed by atoms with Crippen molar-refractivity contribution in [1.29, 1.82) is 0 Å². The Bertz CT molecular complexity index is 684. The van der Waals surface area contributed by atoms with E-state index < -0.39 is 10.0 Å². The SMILES string of the molecule is O=S(=O)(c1ccsc1CCl)N1Cc2ccccc2C1. The van der Waals surface area contributed by atoms with Gasteiger partial charge in [0, 0.05) is 18.0 Å². The van der Waals surface area contributed by atoms with Gasteiger partial charge in [-0.15, -0.1) is 22.9 Å². The molecule has 1 aliphatic heterocycles. The summed E-state index contributed by atoms with van der Waals surface area (Å²) < 4.78 is 26.7. The summed E-state index contributed by atoms with van der Waals surface area (Å²) in [6.45, 7) is 0.881. The Morgan fingerprint density at radius 3 is 2.37 bits per heavy atom. The fourth-order valence-electron chi connectivity index (χ4n) is 2.27. The number of hydrogen-bond acceptors (Lipinski definition) is 3. The van der Waals surface area contributed by atoms with Crippen LogP contribution in [0.15, 0.2) is 40.6 Å². The maximum atomic E-state index is 12.6. The molecule has 0 unspecified atom stereocenters. The number of fused-ring (bicyclic) bond motifs is 1. The van der Waals surface area contributed by atoms with E-state index >= 15 is 0 Å². The number of thiophene rings is 1. The van der Waals surface area contributed by atoms with E-state index in [9.17, 15) is 8.42 Å². The van der Waals surface area contributed by atoms with Crippen molar-refractivity contribution in [3.05, 3.63) is 51.7 Å². The van der Waals surface area contributed by atoms with Gasteiger partial charge in [-0.05, 0) is 22.6 Å². The highest BCUT2D eigenvalue weighted by molar-refractivity contribution is 7.89. The lowest BCUT2D eigenvalue weighted by atomic mass is 10.1. The zero-order valence-electron chi connectivity index (χ0n) is 10.0. The summed E-state index contributed by atoms with van der Waals surface area (Å²) in [4.78, 5) is 1.05. The van der Waals surface area contributed by atoms with Gasteiger partial charge in [0.05, 0.1) is 10.8 Å². The fourth-order valence-corrected chi connectivity index (χ4v) is 5.34. The molecule has 1 aromatic carbocycles. The Labute approximate surface area is 121 Å². The fraction of sp³-hybridized carbons (Fsp3) is 0.231. The molecule has 19 heavy (non-hydrogen) atoms. The summed E-state index contributed by atoms with van der Waals surface area (Å²) in [7, 11) is -3.45. The molecule has 100 valence electrons. The van der Waals surface area contributed by atoms with E-state index in [0.29, 0.717) is 22.9 Å². The Kier molecular flexibility index (Phi) is 3.39. The molecule has 3 rings (SSSR count). The Balaban J connectivity index is 1.96. The summed E-state index contributed by atoms with van der Waals surface area (Å²) in [6, 6.07) is 9.45. The van der Waals surface area contributed by atoms with Crippen LogP contribution < -0.4 is 0 Å². The van der Waals surface area contributed by atoms with Crippen molar-refractivity contribution < 1.29 is 8.42 Å². The molecule has 1 aliphatic rings. The molecule has 2 aromatic rings. The minimum atomic E-state index is -3.45. The summed E-state index contributed by atoms with van der Waals surface area (Å²) >= 11 is 7.18. The molecule has 0 fully saturated rings. The van der Waals surface area contributed by atoms with Gasteiger partial charge in [0.1, 0.15) is 0 Å². The molecule has 0 atom stereocenters. The monoisotopic (exact) mass is 313 g/mol. The van der Waals surface area contributed by atoms with Crippen molar-refractivity contribution in [3.8, 4) is 0 Å². The van der Waals surface area contributed by atoms with Gasteiger partial charge >= 0.3 is 0 Å². The Hall–Kier alpha value is -0.880. The van der Waals surface area contributed by atoms with Gasteiger partial charge < -0.3 is 0 Å². The quantitative estimate of drug-likeness (QED) is 0.816. The largest absolute Gasteiger partial charge is 0.244 e. The Morgan fingerprint density at radius 2 is 1.79 bits per heavy atom. The lowest BCUT2D eigenvalue weighted by Crippen LogP contribution is -2.25. The van der Waals surface area contributed by atoms with Crippen LogP contribution in [0.25, 0.3) is 0 Å². The molecule has 0 amide bonds. The standard InChI is InChI=1S/C13H12ClNO2S2/c14-7-12-13(5-6-18-12)19(16,17)15-8-10-3-1-2-4-11(10)9-15/h1-6H,7-9H2. The second kappa shape index (κ2) is 4.90. The molecule has 0 bridgehead atoms. The third kappa shape index (κ3) is 2.21. The van der Waals surface area contributed by atoms with Crippen LogP contribution in [0.3, 0.4) is 0 Å². The van der Waals surface area contributed by atoms with E-state index in [0.717, 1.165) is 11.1 Å². The van der Waals surface area contributed by atoms with Gasteiger partial charge in [-0.1, -0.05) is 24.3 Å². The molecule has 0 saturated carbocycles. The van der Waals surface area contributed by atoms with Crippen LogP contribution in [-0.4, -0.2) is 12.7 Å². The van der Waals surface area contributed by atoms with Gasteiger partial charge in [0.25, 0.3) is 0 Å². The smallest absolute Gasteiger partial charge is 0.207 e. The van der Waals surface area contributed by atoms with Crippen molar-refractivity contribution in [3.63, 3.8) is 0 Å². The van der Waals surface area contributed by atoms with Crippen molar-refractivity contribution in [2.24, 2.45) is 0 Å². The summed E-state index contributed by atoms with van der Waals surface area (Å²) in [5.41, 5.74) is 2.16. The number of halogens is 1. The predicted octanol–water partition coefficient (Wildman–Crippen LogP) is 3.19. The third-order valence-corrected chi connectivity index (χ3v) is 6.61. The highest BCUT2D eigenvalue weighted by Crippen LogP contribution is 2.32. The highest BCUT2D eigenvalue weighted by atomic mass is 35.5. The minimum absolute atomic E-state index is 0.229. The molecule has 0 N–H and O–H groups in total. The first kappa shape index (κ1) is 13.1. The second-order valence-electron chi connectivity index (χ2n) is 4.38. The van der Waals surface area contributed by atoms with Crippen molar-refractivity contribution in [2.75, 3.05) is 0 Å². The number of hydrogen-bond donors (Lipinski definition) is 0. The van der Waals surface area contributed by atoms with E-state index in [1.54, 1.807) is 11.4 Å². The molecule has 1 aromatic heterocycles. The number of rotatable bonds is 3.